The molecule has 1 fully saturated rings. The highest BCUT2D eigenvalue weighted by Gasteiger charge is 2.17. The van der Waals surface area contributed by atoms with Gasteiger partial charge in [0, 0.05) is 6.04 Å². The third-order valence-corrected chi connectivity index (χ3v) is 3.29. The summed E-state index contributed by atoms with van der Waals surface area (Å²) in [7, 11) is 0. The van der Waals surface area contributed by atoms with Gasteiger partial charge in [-0.05, 0) is 49.9 Å². The van der Waals surface area contributed by atoms with Crippen molar-refractivity contribution in [1.82, 2.24) is 5.32 Å². The lowest BCUT2D eigenvalue weighted by Crippen LogP contribution is -2.36. The number of rotatable bonds is 4. The Hall–Kier alpha value is -1.51. The van der Waals surface area contributed by atoms with Crippen LogP contribution in [-0.2, 0) is 4.79 Å². The third kappa shape index (κ3) is 3.76. The van der Waals surface area contributed by atoms with Crippen LogP contribution < -0.4 is 10.1 Å². The second-order valence-corrected chi connectivity index (χ2v) is 5.16. The molecule has 0 saturated heterocycles. The van der Waals surface area contributed by atoms with E-state index in [1.54, 1.807) is 0 Å². The average Bonchev–Trinajstić information content (AvgIpc) is 2.78. The van der Waals surface area contributed by atoms with Crippen molar-refractivity contribution in [2.24, 2.45) is 0 Å². The molecular formula is C15H21NO2. The molecule has 98 valence electrons. The van der Waals surface area contributed by atoms with E-state index in [0.29, 0.717) is 6.04 Å². The van der Waals surface area contributed by atoms with Crippen LogP contribution in [0, 0.1) is 13.8 Å². The quantitative estimate of drug-likeness (QED) is 0.888. The molecule has 0 radical (unpaired) electrons. The maximum Gasteiger partial charge on any atom is 0.258 e. The topological polar surface area (TPSA) is 38.3 Å². The molecule has 1 aromatic rings. The van der Waals surface area contributed by atoms with Gasteiger partial charge in [-0.3, -0.25) is 4.79 Å². The van der Waals surface area contributed by atoms with Gasteiger partial charge in [-0.25, -0.2) is 0 Å². The van der Waals surface area contributed by atoms with Gasteiger partial charge in [-0.1, -0.05) is 18.9 Å². The Morgan fingerprint density at radius 3 is 2.44 bits per heavy atom. The minimum atomic E-state index is -0.0129. The van der Waals surface area contributed by atoms with Crippen LogP contribution in [0.3, 0.4) is 0 Å². The zero-order chi connectivity index (χ0) is 13.0. The van der Waals surface area contributed by atoms with Crippen LogP contribution in [0.1, 0.15) is 36.8 Å². The van der Waals surface area contributed by atoms with E-state index in [1.807, 2.05) is 26.0 Å². The monoisotopic (exact) mass is 247 g/mol. The lowest BCUT2D eigenvalue weighted by molar-refractivity contribution is -0.123. The van der Waals surface area contributed by atoms with Crippen molar-refractivity contribution in [3.63, 3.8) is 0 Å². The maximum absolute atomic E-state index is 11.7. The highest BCUT2D eigenvalue weighted by atomic mass is 16.5. The molecule has 1 saturated carbocycles. The zero-order valence-corrected chi connectivity index (χ0v) is 11.2. The standard InChI is InChI=1S/C15H21NO2/c1-11-7-12(2)9-14(8-11)18-10-15(17)16-13-5-3-4-6-13/h7-9,13H,3-6,10H2,1-2H3,(H,16,17). The zero-order valence-electron chi connectivity index (χ0n) is 11.2. The summed E-state index contributed by atoms with van der Waals surface area (Å²) in [5.41, 5.74) is 2.31. The lowest BCUT2D eigenvalue weighted by Gasteiger charge is -2.13. The molecule has 1 aliphatic rings. The molecule has 1 aromatic carbocycles. The third-order valence-electron chi connectivity index (χ3n) is 3.29. The first kappa shape index (κ1) is 12.9. The van der Waals surface area contributed by atoms with Crippen molar-refractivity contribution < 1.29 is 9.53 Å². The van der Waals surface area contributed by atoms with E-state index < -0.39 is 0 Å². The molecule has 1 amide bonds. The molecular weight excluding hydrogens is 226 g/mol. The number of carbonyl (C=O) groups excluding carboxylic acids is 1. The highest BCUT2D eigenvalue weighted by molar-refractivity contribution is 5.77. The van der Waals surface area contributed by atoms with E-state index in [-0.39, 0.29) is 12.5 Å². The van der Waals surface area contributed by atoms with Crippen LogP contribution in [-0.4, -0.2) is 18.6 Å². The summed E-state index contributed by atoms with van der Waals surface area (Å²) in [6.07, 6.45) is 4.66. The number of aryl methyl sites for hydroxylation is 2. The first-order valence-electron chi connectivity index (χ1n) is 6.64. The number of hydrogen-bond acceptors (Lipinski definition) is 2. The predicted molar refractivity (Wildman–Crippen MR) is 71.8 cm³/mol. The fourth-order valence-corrected chi connectivity index (χ4v) is 2.50. The smallest absolute Gasteiger partial charge is 0.258 e. The molecule has 0 bridgehead atoms. The maximum atomic E-state index is 11.7. The Bertz CT molecular complexity index is 402. The minimum absolute atomic E-state index is 0.0129. The summed E-state index contributed by atoms with van der Waals surface area (Å²) in [5.74, 6) is 0.759. The number of nitrogens with one attached hydrogen (secondary N) is 1. The van der Waals surface area contributed by atoms with Gasteiger partial charge in [0.2, 0.25) is 0 Å². The van der Waals surface area contributed by atoms with Gasteiger partial charge in [0.1, 0.15) is 5.75 Å². The molecule has 3 heteroatoms. The van der Waals surface area contributed by atoms with Crippen molar-refractivity contribution in [2.75, 3.05) is 6.61 Å². The molecule has 18 heavy (non-hydrogen) atoms. The van der Waals surface area contributed by atoms with Crippen LogP contribution in [0.2, 0.25) is 0 Å². The van der Waals surface area contributed by atoms with Gasteiger partial charge < -0.3 is 10.1 Å². The van der Waals surface area contributed by atoms with Gasteiger partial charge in [0.15, 0.2) is 6.61 Å². The summed E-state index contributed by atoms with van der Waals surface area (Å²) < 4.78 is 5.53. The molecule has 0 aliphatic heterocycles. The number of carbonyl (C=O) groups is 1. The highest BCUT2D eigenvalue weighted by Crippen LogP contribution is 2.18. The van der Waals surface area contributed by atoms with Crippen molar-refractivity contribution >= 4 is 5.91 Å². The van der Waals surface area contributed by atoms with Crippen molar-refractivity contribution in [2.45, 2.75) is 45.6 Å². The van der Waals surface area contributed by atoms with Crippen LogP contribution in [0.4, 0.5) is 0 Å². The lowest BCUT2D eigenvalue weighted by atomic mass is 10.1. The average molecular weight is 247 g/mol. The summed E-state index contributed by atoms with van der Waals surface area (Å²) in [6, 6.07) is 6.36. The Morgan fingerprint density at radius 2 is 1.83 bits per heavy atom. The van der Waals surface area contributed by atoms with E-state index in [2.05, 4.69) is 11.4 Å². The van der Waals surface area contributed by atoms with Crippen LogP contribution in [0.5, 0.6) is 5.75 Å². The number of amides is 1. The number of ether oxygens (including phenoxy) is 1. The SMILES string of the molecule is Cc1cc(C)cc(OCC(=O)NC2CCCC2)c1. The van der Waals surface area contributed by atoms with Gasteiger partial charge in [0.25, 0.3) is 5.91 Å². The van der Waals surface area contributed by atoms with Crippen molar-refractivity contribution in [3.05, 3.63) is 29.3 Å². The number of hydrogen-bond donors (Lipinski definition) is 1. The van der Waals surface area contributed by atoms with E-state index in [0.717, 1.165) is 29.7 Å². The summed E-state index contributed by atoms with van der Waals surface area (Å²) >= 11 is 0. The first-order valence-corrected chi connectivity index (χ1v) is 6.64. The van der Waals surface area contributed by atoms with Gasteiger partial charge >= 0.3 is 0 Å². The van der Waals surface area contributed by atoms with Crippen LogP contribution in [0.25, 0.3) is 0 Å². The Labute approximate surface area is 109 Å². The molecule has 3 nitrogen and oxygen atoms in total. The van der Waals surface area contributed by atoms with Crippen molar-refractivity contribution in [1.29, 1.82) is 0 Å². The van der Waals surface area contributed by atoms with Gasteiger partial charge in [0.05, 0.1) is 0 Å². The van der Waals surface area contributed by atoms with Crippen molar-refractivity contribution in [3.8, 4) is 5.75 Å². The molecule has 1 N–H and O–H groups in total. The summed E-state index contributed by atoms with van der Waals surface area (Å²) in [5, 5.41) is 3.01. The Morgan fingerprint density at radius 1 is 1.22 bits per heavy atom. The fraction of sp³-hybridized carbons (Fsp3) is 0.533. The molecule has 1 aliphatic carbocycles. The van der Waals surface area contributed by atoms with E-state index in [4.69, 9.17) is 4.74 Å². The van der Waals surface area contributed by atoms with E-state index >= 15 is 0 Å². The van der Waals surface area contributed by atoms with E-state index in [9.17, 15) is 4.79 Å². The Kier molecular flexibility index (Phi) is 4.24. The minimum Gasteiger partial charge on any atom is -0.484 e. The molecule has 0 spiro atoms. The first-order chi connectivity index (χ1) is 8.63. The second kappa shape index (κ2) is 5.89. The molecule has 0 heterocycles. The summed E-state index contributed by atoms with van der Waals surface area (Å²) in [6.45, 7) is 4.16. The van der Waals surface area contributed by atoms with Gasteiger partial charge in [-0.15, -0.1) is 0 Å². The number of benzene rings is 1. The van der Waals surface area contributed by atoms with Crippen LogP contribution >= 0.6 is 0 Å². The largest absolute Gasteiger partial charge is 0.484 e. The van der Waals surface area contributed by atoms with E-state index in [1.165, 1.54) is 12.8 Å². The Balaban J connectivity index is 1.81. The predicted octanol–water partition coefficient (Wildman–Crippen LogP) is 2.74. The second-order valence-electron chi connectivity index (χ2n) is 5.16. The fourth-order valence-electron chi connectivity index (χ4n) is 2.50. The van der Waals surface area contributed by atoms with Crippen LogP contribution in [0.15, 0.2) is 18.2 Å². The molecule has 2 rings (SSSR count). The molecule has 0 unspecified atom stereocenters. The summed E-state index contributed by atoms with van der Waals surface area (Å²) in [4.78, 5) is 11.7. The van der Waals surface area contributed by atoms with Gasteiger partial charge in [-0.2, -0.15) is 0 Å². The normalized spacial score (nSPS) is 15.7. The molecule has 0 atom stereocenters. The molecule has 0 aromatic heterocycles.